The number of morpholine rings is 1. The molecule has 0 aliphatic carbocycles. The Morgan fingerprint density at radius 2 is 1.58 bits per heavy atom. The maximum atomic E-state index is 14.1. The van der Waals surface area contributed by atoms with Crippen LogP contribution in [0.3, 0.4) is 0 Å². The molecule has 5 rings (SSSR count). The standard InChI is InChI=1S/C31H32F2N4O5S/c1-31(2,3)42-30(38)36-27(18-20-16-22(32)19-23(33)17-20)29-28(34-25-6-4-5-7-26(25)35-29)21-8-10-24(11-9-21)43(39,40)37-12-14-41-15-13-37/h4-11,16-17,19,27H,12-15,18H2,1-3H3,(H,36,38)/t27-/m0/s1. The van der Waals surface area contributed by atoms with E-state index in [1.165, 1.54) is 28.6 Å². The van der Waals surface area contributed by atoms with Crippen LogP contribution in [0.2, 0.25) is 0 Å². The average Bonchev–Trinajstić information content (AvgIpc) is 2.95. The zero-order valence-corrected chi connectivity index (χ0v) is 24.8. The van der Waals surface area contributed by atoms with Gasteiger partial charge in [0.15, 0.2) is 0 Å². The summed E-state index contributed by atoms with van der Waals surface area (Å²) < 4.78 is 66.9. The molecule has 0 bridgehead atoms. The van der Waals surface area contributed by atoms with Gasteiger partial charge in [-0.05, 0) is 69.2 Å². The number of carbonyl (C=O) groups excluding carboxylic acids is 1. The third-order valence-electron chi connectivity index (χ3n) is 6.72. The van der Waals surface area contributed by atoms with Gasteiger partial charge in [-0.15, -0.1) is 0 Å². The van der Waals surface area contributed by atoms with Crippen molar-refractivity contribution < 1.29 is 31.5 Å². The van der Waals surface area contributed by atoms with Crippen LogP contribution in [0, 0.1) is 11.6 Å². The van der Waals surface area contributed by atoms with E-state index in [0.717, 1.165) is 6.07 Å². The molecule has 0 unspecified atom stereocenters. The minimum absolute atomic E-state index is 0.0303. The molecule has 1 fully saturated rings. The number of hydrogen-bond donors (Lipinski definition) is 1. The predicted molar refractivity (Wildman–Crippen MR) is 157 cm³/mol. The molecule has 9 nitrogen and oxygen atoms in total. The number of rotatable bonds is 7. The van der Waals surface area contributed by atoms with Crippen molar-refractivity contribution in [3.8, 4) is 11.3 Å². The summed E-state index contributed by atoms with van der Waals surface area (Å²) in [5, 5.41) is 2.81. The molecule has 0 saturated carbocycles. The minimum atomic E-state index is -3.73. The van der Waals surface area contributed by atoms with E-state index in [9.17, 15) is 22.0 Å². The topological polar surface area (TPSA) is 111 Å². The fourth-order valence-corrected chi connectivity index (χ4v) is 6.23. The zero-order valence-electron chi connectivity index (χ0n) is 24.0. The Morgan fingerprint density at radius 3 is 2.19 bits per heavy atom. The summed E-state index contributed by atoms with van der Waals surface area (Å²) in [4.78, 5) is 22.7. The molecule has 0 spiro atoms. The van der Waals surface area contributed by atoms with Crippen molar-refractivity contribution in [2.45, 2.75) is 43.7 Å². The van der Waals surface area contributed by atoms with Gasteiger partial charge in [0, 0.05) is 24.7 Å². The normalized spacial score (nSPS) is 15.3. The second-order valence-corrected chi connectivity index (χ2v) is 13.1. The minimum Gasteiger partial charge on any atom is -0.444 e. The van der Waals surface area contributed by atoms with Crippen molar-refractivity contribution >= 4 is 27.1 Å². The van der Waals surface area contributed by atoms with Crippen LogP contribution >= 0.6 is 0 Å². The zero-order chi connectivity index (χ0) is 30.8. The highest BCUT2D eigenvalue weighted by Gasteiger charge is 2.28. The van der Waals surface area contributed by atoms with Gasteiger partial charge in [-0.2, -0.15) is 4.31 Å². The van der Waals surface area contributed by atoms with Crippen molar-refractivity contribution in [2.75, 3.05) is 26.3 Å². The summed E-state index contributed by atoms with van der Waals surface area (Å²) in [6.45, 7) is 6.35. The van der Waals surface area contributed by atoms with Gasteiger partial charge >= 0.3 is 6.09 Å². The number of carbonyl (C=O) groups is 1. The van der Waals surface area contributed by atoms with Crippen LogP contribution in [-0.2, 0) is 25.9 Å². The van der Waals surface area contributed by atoms with Gasteiger partial charge in [-0.25, -0.2) is 32.0 Å². The van der Waals surface area contributed by atoms with Crippen LogP contribution in [0.25, 0.3) is 22.3 Å². The fraction of sp³-hybridized carbons (Fsp3) is 0.323. The fourth-order valence-electron chi connectivity index (χ4n) is 4.82. The molecule has 1 atom stereocenters. The molecule has 2 heterocycles. The first-order chi connectivity index (χ1) is 20.4. The Morgan fingerprint density at radius 1 is 0.977 bits per heavy atom. The van der Waals surface area contributed by atoms with Crippen molar-refractivity contribution in [1.82, 2.24) is 19.6 Å². The lowest BCUT2D eigenvalue weighted by Crippen LogP contribution is -2.40. The van der Waals surface area contributed by atoms with E-state index >= 15 is 0 Å². The van der Waals surface area contributed by atoms with E-state index in [0.29, 0.717) is 41.2 Å². The van der Waals surface area contributed by atoms with E-state index < -0.39 is 39.4 Å². The van der Waals surface area contributed by atoms with Crippen molar-refractivity contribution in [1.29, 1.82) is 0 Å². The van der Waals surface area contributed by atoms with Crippen molar-refractivity contribution in [3.05, 3.63) is 89.6 Å². The van der Waals surface area contributed by atoms with E-state index in [4.69, 9.17) is 19.4 Å². The second-order valence-electron chi connectivity index (χ2n) is 11.2. The van der Waals surface area contributed by atoms with Crippen LogP contribution in [0.4, 0.5) is 13.6 Å². The number of benzene rings is 3. The first kappa shape index (κ1) is 30.5. The molecule has 3 aromatic carbocycles. The summed E-state index contributed by atoms with van der Waals surface area (Å²) in [5.41, 5.74) is 1.81. The number of halogens is 2. The largest absolute Gasteiger partial charge is 0.444 e. The van der Waals surface area contributed by atoms with Gasteiger partial charge in [-0.1, -0.05) is 24.3 Å². The molecule has 1 aliphatic rings. The summed E-state index contributed by atoms with van der Waals surface area (Å²) >= 11 is 0. The van der Waals surface area contributed by atoms with E-state index in [1.54, 1.807) is 51.1 Å². The van der Waals surface area contributed by atoms with Gasteiger partial charge in [0.1, 0.15) is 17.2 Å². The lowest BCUT2D eigenvalue weighted by molar-refractivity contribution is 0.0502. The highest BCUT2D eigenvalue weighted by molar-refractivity contribution is 7.89. The van der Waals surface area contributed by atoms with Gasteiger partial charge in [-0.3, -0.25) is 0 Å². The molecule has 1 amide bonds. The summed E-state index contributed by atoms with van der Waals surface area (Å²) in [7, 11) is -3.73. The molecule has 1 aromatic heterocycles. The third-order valence-corrected chi connectivity index (χ3v) is 8.63. The van der Waals surface area contributed by atoms with E-state index in [2.05, 4.69) is 5.32 Å². The lowest BCUT2D eigenvalue weighted by Gasteiger charge is -2.26. The number of ether oxygens (including phenoxy) is 2. The van der Waals surface area contributed by atoms with Crippen LogP contribution in [0.1, 0.15) is 38.1 Å². The van der Waals surface area contributed by atoms with Crippen LogP contribution < -0.4 is 5.32 Å². The smallest absolute Gasteiger partial charge is 0.408 e. The number of fused-ring (bicyclic) bond motifs is 1. The SMILES string of the molecule is CC(C)(C)OC(=O)N[C@@H](Cc1cc(F)cc(F)c1)c1nc2ccccc2nc1-c1ccc(S(=O)(=O)N2CCOCC2)cc1. The number of amides is 1. The van der Waals surface area contributed by atoms with Gasteiger partial charge in [0.2, 0.25) is 10.0 Å². The van der Waals surface area contributed by atoms with Crippen molar-refractivity contribution in [2.24, 2.45) is 0 Å². The van der Waals surface area contributed by atoms with E-state index in [-0.39, 0.29) is 30.0 Å². The molecular formula is C31H32F2N4O5S. The molecule has 226 valence electrons. The Kier molecular flexibility index (Phi) is 8.72. The lowest BCUT2D eigenvalue weighted by atomic mass is 9.98. The highest BCUT2D eigenvalue weighted by Crippen LogP contribution is 2.31. The molecule has 1 aliphatic heterocycles. The first-order valence-electron chi connectivity index (χ1n) is 13.8. The van der Waals surface area contributed by atoms with Gasteiger partial charge in [0.05, 0.1) is 46.6 Å². The molecule has 1 saturated heterocycles. The number of hydrogen-bond acceptors (Lipinski definition) is 7. The number of nitrogens with zero attached hydrogens (tertiary/aromatic N) is 3. The summed E-state index contributed by atoms with van der Waals surface area (Å²) in [5.74, 6) is -1.51. The molecule has 4 aromatic rings. The first-order valence-corrected chi connectivity index (χ1v) is 15.2. The highest BCUT2D eigenvalue weighted by atomic mass is 32.2. The Labute approximate surface area is 248 Å². The van der Waals surface area contributed by atoms with Crippen LogP contribution in [-0.4, -0.2) is 60.7 Å². The second kappa shape index (κ2) is 12.3. The molecule has 43 heavy (non-hydrogen) atoms. The van der Waals surface area contributed by atoms with Crippen LogP contribution in [0.5, 0.6) is 0 Å². The predicted octanol–water partition coefficient (Wildman–Crippen LogP) is 5.40. The molecule has 0 radical (unpaired) electrons. The van der Waals surface area contributed by atoms with Crippen molar-refractivity contribution in [3.63, 3.8) is 0 Å². The maximum Gasteiger partial charge on any atom is 0.408 e. The summed E-state index contributed by atoms with van der Waals surface area (Å²) in [6.07, 6.45) is -0.778. The Hall–Kier alpha value is -4.00. The Balaban J connectivity index is 1.59. The number of sulfonamides is 1. The number of para-hydroxylation sites is 2. The van der Waals surface area contributed by atoms with Gasteiger partial charge < -0.3 is 14.8 Å². The Bertz CT molecular complexity index is 1720. The third kappa shape index (κ3) is 7.32. The number of aromatic nitrogens is 2. The molecular weight excluding hydrogens is 578 g/mol. The monoisotopic (exact) mass is 610 g/mol. The quantitative estimate of drug-likeness (QED) is 0.298. The molecule has 1 N–H and O–H groups in total. The van der Waals surface area contributed by atoms with Gasteiger partial charge in [0.25, 0.3) is 0 Å². The average molecular weight is 611 g/mol. The van der Waals surface area contributed by atoms with E-state index in [1.807, 2.05) is 6.07 Å². The number of alkyl carbamates (subject to hydrolysis) is 1. The summed E-state index contributed by atoms with van der Waals surface area (Å²) in [6, 6.07) is 15.6. The molecule has 12 heteroatoms. The number of nitrogens with one attached hydrogen (secondary N) is 1. The maximum absolute atomic E-state index is 14.1. The van der Waals surface area contributed by atoms with Crippen LogP contribution in [0.15, 0.2) is 71.6 Å².